The van der Waals surface area contributed by atoms with E-state index in [0.29, 0.717) is 5.33 Å². The molecule has 0 aliphatic carbocycles. The van der Waals surface area contributed by atoms with Crippen LogP contribution in [0.1, 0.15) is 5.56 Å². The number of hydrogen-bond donors (Lipinski definition) is 1. The molecule has 1 aromatic heterocycles. The topological polar surface area (TPSA) is 42.0 Å². The number of carbonyl (C=O) groups excluding carboxylic acids is 1. The summed E-state index contributed by atoms with van der Waals surface area (Å²) in [6, 6.07) is 7.68. The molecule has 1 heterocycles. The number of aryl methyl sites for hydroxylation is 1. The Morgan fingerprint density at radius 2 is 2.25 bits per heavy atom. The van der Waals surface area contributed by atoms with Gasteiger partial charge in [-0.3, -0.25) is 9.78 Å². The largest absolute Gasteiger partial charge is 0.325 e. The van der Waals surface area contributed by atoms with Crippen LogP contribution >= 0.6 is 15.9 Å². The highest BCUT2D eigenvalue weighted by Crippen LogP contribution is 2.24. The Labute approximate surface area is 102 Å². The number of halogens is 1. The van der Waals surface area contributed by atoms with Crippen LogP contribution in [0.15, 0.2) is 30.5 Å². The molecule has 0 radical (unpaired) electrons. The van der Waals surface area contributed by atoms with E-state index in [2.05, 4.69) is 26.2 Å². The van der Waals surface area contributed by atoms with Crippen LogP contribution in [0.5, 0.6) is 0 Å². The number of nitrogens with zero attached hydrogens (tertiary/aromatic N) is 1. The molecule has 2 aromatic rings. The van der Waals surface area contributed by atoms with E-state index in [4.69, 9.17) is 0 Å². The maximum Gasteiger partial charge on any atom is 0.235 e. The van der Waals surface area contributed by atoms with Crippen LogP contribution in [0.2, 0.25) is 0 Å². The normalized spacial score (nSPS) is 10.4. The Morgan fingerprint density at radius 3 is 3.00 bits per heavy atom. The molecule has 0 bridgehead atoms. The lowest BCUT2D eigenvalue weighted by Gasteiger charge is -2.08. The summed E-state index contributed by atoms with van der Waals surface area (Å²) in [5.41, 5.74) is 2.83. The van der Waals surface area contributed by atoms with E-state index in [9.17, 15) is 4.79 Å². The molecule has 0 unspecified atom stereocenters. The lowest BCUT2D eigenvalue weighted by molar-refractivity contribution is -0.113. The fraction of sp³-hybridized carbons (Fsp3) is 0.167. The van der Waals surface area contributed by atoms with E-state index < -0.39 is 0 Å². The van der Waals surface area contributed by atoms with Crippen LogP contribution in [0.25, 0.3) is 10.9 Å². The molecule has 16 heavy (non-hydrogen) atoms. The summed E-state index contributed by atoms with van der Waals surface area (Å²) in [6.45, 7) is 2.01. The summed E-state index contributed by atoms with van der Waals surface area (Å²) in [6.07, 6.45) is 1.76. The van der Waals surface area contributed by atoms with Gasteiger partial charge >= 0.3 is 0 Å². The number of carbonyl (C=O) groups is 1. The molecule has 0 saturated carbocycles. The second-order valence-corrected chi connectivity index (χ2v) is 4.07. The Morgan fingerprint density at radius 1 is 1.44 bits per heavy atom. The monoisotopic (exact) mass is 278 g/mol. The SMILES string of the molecule is Cc1ccc(NC(=O)CBr)c2cccnc12. The second-order valence-electron chi connectivity index (χ2n) is 3.51. The first-order chi connectivity index (χ1) is 7.72. The summed E-state index contributed by atoms with van der Waals surface area (Å²) >= 11 is 3.12. The summed E-state index contributed by atoms with van der Waals surface area (Å²) in [5.74, 6) is -0.0611. The Kier molecular flexibility index (Phi) is 3.19. The van der Waals surface area contributed by atoms with Crippen molar-refractivity contribution in [3.8, 4) is 0 Å². The van der Waals surface area contributed by atoms with Gasteiger partial charge in [-0.15, -0.1) is 0 Å². The van der Waals surface area contributed by atoms with Crippen molar-refractivity contribution in [1.82, 2.24) is 4.98 Å². The minimum absolute atomic E-state index is 0.0611. The van der Waals surface area contributed by atoms with Gasteiger partial charge in [-0.05, 0) is 30.7 Å². The minimum Gasteiger partial charge on any atom is -0.325 e. The highest BCUT2D eigenvalue weighted by atomic mass is 79.9. The minimum atomic E-state index is -0.0611. The third-order valence-corrected chi connectivity index (χ3v) is 2.88. The Hall–Kier alpha value is -1.42. The predicted octanol–water partition coefficient (Wildman–Crippen LogP) is 2.88. The van der Waals surface area contributed by atoms with Gasteiger partial charge in [0.05, 0.1) is 16.5 Å². The highest BCUT2D eigenvalue weighted by molar-refractivity contribution is 9.09. The maximum atomic E-state index is 11.3. The number of aromatic nitrogens is 1. The van der Waals surface area contributed by atoms with Crippen LogP contribution in [0.4, 0.5) is 5.69 Å². The molecule has 1 amide bonds. The fourth-order valence-corrected chi connectivity index (χ4v) is 1.75. The average molecular weight is 279 g/mol. The van der Waals surface area contributed by atoms with Gasteiger partial charge in [0.2, 0.25) is 5.91 Å². The third kappa shape index (κ3) is 2.07. The number of nitrogens with one attached hydrogen (secondary N) is 1. The fourth-order valence-electron chi connectivity index (χ4n) is 1.61. The van der Waals surface area contributed by atoms with E-state index in [-0.39, 0.29) is 5.91 Å². The lowest BCUT2D eigenvalue weighted by atomic mass is 10.1. The number of amides is 1. The Bertz CT molecular complexity index is 540. The van der Waals surface area contributed by atoms with Crippen molar-refractivity contribution in [3.05, 3.63) is 36.0 Å². The smallest absolute Gasteiger partial charge is 0.235 e. The van der Waals surface area contributed by atoms with Crippen LogP contribution in [-0.4, -0.2) is 16.2 Å². The number of anilines is 1. The standard InChI is InChI=1S/C12H11BrN2O/c1-8-4-5-10(15-11(16)7-13)9-3-2-6-14-12(8)9/h2-6H,7H2,1H3,(H,15,16). The van der Waals surface area contributed by atoms with E-state index >= 15 is 0 Å². The first-order valence-electron chi connectivity index (χ1n) is 4.92. The molecule has 0 saturated heterocycles. The van der Waals surface area contributed by atoms with Crippen molar-refractivity contribution in [1.29, 1.82) is 0 Å². The van der Waals surface area contributed by atoms with Crippen molar-refractivity contribution >= 4 is 38.4 Å². The van der Waals surface area contributed by atoms with Gasteiger partial charge in [0, 0.05) is 11.6 Å². The zero-order valence-electron chi connectivity index (χ0n) is 8.83. The van der Waals surface area contributed by atoms with Gasteiger partial charge in [0.1, 0.15) is 0 Å². The van der Waals surface area contributed by atoms with Crippen LogP contribution in [0, 0.1) is 6.92 Å². The summed E-state index contributed by atoms with van der Waals surface area (Å²) in [7, 11) is 0. The zero-order valence-corrected chi connectivity index (χ0v) is 10.4. The molecule has 0 fully saturated rings. The molecule has 0 spiro atoms. The molecule has 2 rings (SSSR count). The molecule has 0 aliphatic heterocycles. The maximum absolute atomic E-state index is 11.3. The average Bonchev–Trinajstić information content (AvgIpc) is 2.33. The van der Waals surface area contributed by atoms with E-state index in [1.54, 1.807) is 6.20 Å². The van der Waals surface area contributed by atoms with Gasteiger partial charge in [0.25, 0.3) is 0 Å². The molecule has 3 nitrogen and oxygen atoms in total. The third-order valence-electron chi connectivity index (χ3n) is 2.37. The van der Waals surface area contributed by atoms with Crippen LogP contribution in [-0.2, 0) is 4.79 Å². The molecule has 0 atom stereocenters. The van der Waals surface area contributed by atoms with Gasteiger partial charge in [-0.1, -0.05) is 22.0 Å². The number of pyridine rings is 1. The van der Waals surface area contributed by atoms with Crippen molar-refractivity contribution in [3.63, 3.8) is 0 Å². The molecule has 1 aromatic carbocycles. The van der Waals surface area contributed by atoms with E-state index in [1.807, 2.05) is 31.2 Å². The van der Waals surface area contributed by atoms with Crippen molar-refractivity contribution < 1.29 is 4.79 Å². The van der Waals surface area contributed by atoms with Gasteiger partial charge < -0.3 is 5.32 Å². The number of alkyl halides is 1. The highest BCUT2D eigenvalue weighted by Gasteiger charge is 2.06. The van der Waals surface area contributed by atoms with Gasteiger partial charge in [0.15, 0.2) is 0 Å². The van der Waals surface area contributed by atoms with Crippen molar-refractivity contribution in [2.45, 2.75) is 6.92 Å². The lowest BCUT2D eigenvalue weighted by Crippen LogP contribution is -2.12. The Balaban J connectivity index is 2.54. The summed E-state index contributed by atoms with van der Waals surface area (Å²) in [5, 5.41) is 4.10. The number of benzene rings is 1. The van der Waals surface area contributed by atoms with E-state index in [1.165, 1.54) is 0 Å². The van der Waals surface area contributed by atoms with Crippen LogP contribution in [0.3, 0.4) is 0 Å². The number of fused-ring (bicyclic) bond motifs is 1. The number of hydrogen-bond acceptors (Lipinski definition) is 2. The molecule has 4 heteroatoms. The van der Waals surface area contributed by atoms with Crippen molar-refractivity contribution in [2.24, 2.45) is 0 Å². The second kappa shape index (κ2) is 4.61. The zero-order chi connectivity index (χ0) is 11.5. The molecular formula is C12H11BrN2O. The van der Waals surface area contributed by atoms with Gasteiger partial charge in [-0.2, -0.15) is 0 Å². The van der Waals surface area contributed by atoms with Crippen molar-refractivity contribution in [2.75, 3.05) is 10.6 Å². The molecule has 0 aliphatic rings. The molecule has 1 N–H and O–H groups in total. The molecule has 82 valence electrons. The number of rotatable bonds is 2. The molecular weight excluding hydrogens is 268 g/mol. The van der Waals surface area contributed by atoms with Crippen LogP contribution < -0.4 is 5.32 Å². The quantitative estimate of drug-likeness (QED) is 0.859. The van der Waals surface area contributed by atoms with Gasteiger partial charge in [-0.25, -0.2) is 0 Å². The predicted molar refractivity (Wildman–Crippen MR) is 68.9 cm³/mol. The summed E-state index contributed by atoms with van der Waals surface area (Å²) in [4.78, 5) is 15.6. The first-order valence-corrected chi connectivity index (χ1v) is 6.04. The summed E-state index contributed by atoms with van der Waals surface area (Å²) < 4.78 is 0. The first kappa shape index (κ1) is 11.1. The van der Waals surface area contributed by atoms with E-state index in [0.717, 1.165) is 22.2 Å².